The third-order valence-corrected chi connectivity index (χ3v) is 7.92. The van der Waals surface area contributed by atoms with Crippen molar-refractivity contribution in [2.45, 2.75) is 78.6 Å². The molecule has 0 aromatic heterocycles. The lowest BCUT2D eigenvalue weighted by Crippen LogP contribution is -2.33. The van der Waals surface area contributed by atoms with Gasteiger partial charge in [0, 0.05) is 18.7 Å². The van der Waals surface area contributed by atoms with Gasteiger partial charge in [-0.2, -0.15) is 0 Å². The maximum absolute atomic E-state index is 13.5. The van der Waals surface area contributed by atoms with E-state index in [2.05, 4.69) is 20.8 Å². The summed E-state index contributed by atoms with van der Waals surface area (Å²) >= 11 is 6.89. The average molecular weight is 473 g/mol. The van der Waals surface area contributed by atoms with Gasteiger partial charge >= 0.3 is 0 Å². The molecular formula is C26H36N2O2S2. The van der Waals surface area contributed by atoms with E-state index in [1.54, 1.807) is 4.90 Å². The highest BCUT2D eigenvalue weighted by molar-refractivity contribution is 8.26. The molecule has 1 aromatic carbocycles. The van der Waals surface area contributed by atoms with Crippen molar-refractivity contribution in [3.8, 4) is 0 Å². The fraction of sp³-hybridized carbons (Fsp3) is 0.577. The Balaban J connectivity index is 1.82. The fourth-order valence-corrected chi connectivity index (χ4v) is 5.82. The van der Waals surface area contributed by atoms with Crippen LogP contribution in [-0.4, -0.2) is 34.1 Å². The zero-order valence-electron chi connectivity index (χ0n) is 19.7. The summed E-state index contributed by atoms with van der Waals surface area (Å²) in [5.41, 5.74) is 2.32. The topological polar surface area (TPSA) is 40.6 Å². The van der Waals surface area contributed by atoms with Crippen LogP contribution in [0.1, 0.15) is 84.1 Å². The number of fused-ring (bicyclic) bond motifs is 1. The van der Waals surface area contributed by atoms with Gasteiger partial charge in [-0.1, -0.05) is 108 Å². The molecule has 2 aliphatic rings. The van der Waals surface area contributed by atoms with Gasteiger partial charge in [-0.3, -0.25) is 14.5 Å². The van der Waals surface area contributed by atoms with E-state index in [1.807, 2.05) is 29.2 Å². The zero-order valence-corrected chi connectivity index (χ0v) is 21.3. The summed E-state index contributed by atoms with van der Waals surface area (Å²) in [4.78, 5) is 31.0. The number of rotatable bonds is 12. The summed E-state index contributed by atoms with van der Waals surface area (Å²) in [7, 11) is 0. The number of hydrogen-bond acceptors (Lipinski definition) is 4. The van der Waals surface area contributed by atoms with Gasteiger partial charge in [0.25, 0.3) is 11.8 Å². The second-order valence-corrected chi connectivity index (χ2v) is 10.4. The standard InChI is InChI=1S/C26H36N2O2S2/c1-4-7-9-10-13-17-27-21-16-12-11-15-20(21)22(24(27)29)23-25(30)28(26(31)32-23)18-19(6-3)14-8-5-2/h11-12,15-16,19H,4-10,13-14,17-18H2,1-3H3/b23-22-/t19-/m1/s1. The third-order valence-electron chi connectivity index (χ3n) is 6.47. The van der Waals surface area contributed by atoms with E-state index in [0.29, 0.717) is 33.8 Å². The van der Waals surface area contributed by atoms with E-state index in [9.17, 15) is 9.59 Å². The van der Waals surface area contributed by atoms with Crippen LogP contribution >= 0.6 is 24.0 Å². The van der Waals surface area contributed by atoms with Crippen molar-refractivity contribution in [2.75, 3.05) is 18.0 Å². The molecule has 1 atom stereocenters. The number of hydrogen-bond donors (Lipinski definition) is 0. The van der Waals surface area contributed by atoms with E-state index < -0.39 is 0 Å². The highest BCUT2D eigenvalue weighted by atomic mass is 32.2. The van der Waals surface area contributed by atoms with Gasteiger partial charge in [-0.05, 0) is 24.8 Å². The van der Waals surface area contributed by atoms with Crippen LogP contribution in [0.3, 0.4) is 0 Å². The molecule has 32 heavy (non-hydrogen) atoms. The van der Waals surface area contributed by atoms with Crippen molar-refractivity contribution < 1.29 is 9.59 Å². The lowest BCUT2D eigenvalue weighted by Gasteiger charge is -2.21. The number of carbonyl (C=O) groups excluding carboxylic acids is 2. The van der Waals surface area contributed by atoms with Crippen LogP contribution in [0.2, 0.25) is 0 Å². The summed E-state index contributed by atoms with van der Waals surface area (Å²) in [6, 6.07) is 7.85. The first-order valence-electron chi connectivity index (χ1n) is 12.2. The Morgan fingerprint density at radius 1 is 0.906 bits per heavy atom. The summed E-state index contributed by atoms with van der Waals surface area (Å²) in [5.74, 6) is 0.283. The first-order valence-corrected chi connectivity index (χ1v) is 13.4. The van der Waals surface area contributed by atoms with Crippen molar-refractivity contribution in [3.05, 3.63) is 34.7 Å². The Hall–Kier alpha value is -1.66. The highest BCUT2D eigenvalue weighted by Gasteiger charge is 2.42. The lowest BCUT2D eigenvalue weighted by molar-refractivity contribution is -0.123. The number of anilines is 1. The summed E-state index contributed by atoms with van der Waals surface area (Å²) < 4.78 is 0.579. The second-order valence-electron chi connectivity index (χ2n) is 8.79. The first kappa shape index (κ1) is 25.0. The minimum Gasteiger partial charge on any atom is -0.308 e. The molecule has 1 saturated heterocycles. The summed E-state index contributed by atoms with van der Waals surface area (Å²) in [6.07, 6.45) is 10.2. The molecule has 1 fully saturated rings. The molecule has 174 valence electrons. The van der Waals surface area contributed by atoms with Gasteiger partial charge in [0.2, 0.25) is 0 Å². The molecule has 0 bridgehead atoms. The van der Waals surface area contributed by atoms with Gasteiger partial charge < -0.3 is 4.90 Å². The van der Waals surface area contributed by atoms with Crippen LogP contribution in [0.25, 0.3) is 5.57 Å². The van der Waals surface area contributed by atoms with Crippen molar-refractivity contribution in [1.82, 2.24) is 4.90 Å². The van der Waals surface area contributed by atoms with Crippen molar-refractivity contribution in [2.24, 2.45) is 5.92 Å². The van der Waals surface area contributed by atoms with Crippen LogP contribution < -0.4 is 4.90 Å². The molecule has 0 aliphatic carbocycles. The average Bonchev–Trinajstić information content (AvgIpc) is 3.23. The number of amides is 2. The number of carbonyl (C=O) groups is 2. The van der Waals surface area contributed by atoms with E-state index >= 15 is 0 Å². The van der Waals surface area contributed by atoms with Crippen LogP contribution in [0, 0.1) is 5.92 Å². The molecule has 3 rings (SSSR count). The van der Waals surface area contributed by atoms with Crippen LogP contribution in [0.4, 0.5) is 5.69 Å². The van der Waals surface area contributed by atoms with E-state index in [0.717, 1.165) is 49.8 Å². The van der Waals surface area contributed by atoms with Gasteiger partial charge in [-0.15, -0.1) is 0 Å². The molecule has 2 aliphatic heterocycles. The molecule has 0 N–H and O–H groups in total. The molecule has 0 unspecified atom stereocenters. The monoisotopic (exact) mass is 472 g/mol. The van der Waals surface area contributed by atoms with E-state index in [4.69, 9.17) is 12.2 Å². The zero-order chi connectivity index (χ0) is 23.1. The normalized spacial score (nSPS) is 19.3. The molecule has 0 spiro atoms. The van der Waals surface area contributed by atoms with Crippen LogP contribution in [-0.2, 0) is 9.59 Å². The molecule has 0 radical (unpaired) electrons. The Bertz CT molecular complexity index is 880. The molecule has 4 nitrogen and oxygen atoms in total. The Morgan fingerprint density at radius 3 is 2.34 bits per heavy atom. The molecule has 2 amide bonds. The summed E-state index contributed by atoms with van der Waals surface area (Å²) in [6.45, 7) is 7.91. The van der Waals surface area contributed by atoms with Crippen LogP contribution in [0.15, 0.2) is 29.2 Å². The van der Waals surface area contributed by atoms with Gasteiger partial charge in [0.05, 0.1) is 16.2 Å². The van der Waals surface area contributed by atoms with E-state index in [1.165, 1.54) is 31.0 Å². The van der Waals surface area contributed by atoms with E-state index in [-0.39, 0.29) is 11.8 Å². The van der Waals surface area contributed by atoms with Gasteiger partial charge in [-0.25, -0.2) is 0 Å². The molecule has 2 heterocycles. The predicted octanol–water partition coefficient (Wildman–Crippen LogP) is 6.79. The number of benzene rings is 1. The Kier molecular flexibility index (Phi) is 9.35. The number of thiocarbonyl (C=S) groups is 1. The maximum atomic E-state index is 13.5. The quantitative estimate of drug-likeness (QED) is 0.191. The minimum atomic E-state index is -0.0992. The van der Waals surface area contributed by atoms with Gasteiger partial charge in [0.1, 0.15) is 4.32 Å². The minimum absolute atomic E-state index is 0.0554. The van der Waals surface area contributed by atoms with Crippen molar-refractivity contribution >= 4 is 51.4 Å². The molecule has 1 aromatic rings. The fourth-order valence-electron chi connectivity index (χ4n) is 4.48. The smallest absolute Gasteiger partial charge is 0.267 e. The lowest BCUT2D eigenvalue weighted by atomic mass is 9.98. The second kappa shape index (κ2) is 12.0. The van der Waals surface area contributed by atoms with Gasteiger partial charge in [0.15, 0.2) is 0 Å². The molecule has 6 heteroatoms. The number of nitrogens with zero attached hydrogens (tertiary/aromatic N) is 2. The van der Waals surface area contributed by atoms with Crippen molar-refractivity contribution in [1.29, 1.82) is 0 Å². The number of para-hydroxylation sites is 1. The SMILES string of the molecule is CCCCCCCN1C(=O)/C(=C2\SC(=S)N(C[C@H](CC)CCCC)C2=O)c2ccccc21. The predicted molar refractivity (Wildman–Crippen MR) is 140 cm³/mol. The number of thioether (sulfide) groups is 1. The van der Waals surface area contributed by atoms with Crippen molar-refractivity contribution in [3.63, 3.8) is 0 Å². The Labute approximate surface area is 202 Å². The Morgan fingerprint density at radius 2 is 1.62 bits per heavy atom. The maximum Gasteiger partial charge on any atom is 0.267 e. The van der Waals surface area contributed by atoms with Crippen LogP contribution in [0.5, 0.6) is 0 Å². The first-order chi connectivity index (χ1) is 15.5. The number of unbranched alkanes of at least 4 members (excludes halogenated alkanes) is 5. The highest BCUT2D eigenvalue weighted by Crippen LogP contribution is 2.44. The molecule has 0 saturated carbocycles. The molecular weight excluding hydrogens is 436 g/mol. The third kappa shape index (κ3) is 5.45. The largest absolute Gasteiger partial charge is 0.308 e. The summed E-state index contributed by atoms with van der Waals surface area (Å²) in [5, 5.41) is 0.